The lowest BCUT2D eigenvalue weighted by Gasteiger charge is -2.09. The number of hydrogen-bond acceptors (Lipinski definition) is 1. The predicted octanol–water partition coefficient (Wildman–Crippen LogP) is 3.70. The third kappa shape index (κ3) is 4.49. The van der Waals surface area contributed by atoms with Crippen LogP contribution in [0.15, 0.2) is 22.7 Å². The van der Waals surface area contributed by atoms with Gasteiger partial charge in [0.05, 0.1) is 0 Å². The third-order valence-electron chi connectivity index (χ3n) is 2.14. The van der Waals surface area contributed by atoms with E-state index in [2.05, 4.69) is 21.2 Å². The standard InChI is InChI=1S/C11H14BrClFN/c1-2-10(13)7-15-6-8-3-4-9(12)5-11(8)14/h3-5,10,15H,2,6-7H2,1H3. The van der Waals surface area contributed by atoms with Gasteiger partial charge in [0, 0.05) is 28.5 Å². The van der Waals surface area contributed by atoms with Gasteiger partial charge in [-0.05, 0) is 18.6 Å². The van der Waals surface area contributed by atoms with Crippen LogP contribution in [0.2, 0.25) is 0 Å². The number of hydrogen-bond donors (Lipinski definition) is 1. The number of benzene rings is 1. The maximum Gasteiger partial charge on any atom is 0.128 e. The Morgan fingerprint density at radius 3 is 2.87 bits per heavy atom. The average Bonchev–Trinajstić information content (AvgIpc) is 2.21. The molecule has 0 amide bonds. The molecule has 1 atom stereocenters. The largest absolute Gasteiger partial charge is 0.311 e. The van der Waals surface area contributed by atoms with Crippen LogP contribution in [0.5, 0.6) is 0 Å². The van der Waals surface area contributed by atoms with Gasteiger partial charge >= 0.3 is 0 Å². The monoisotopic (exact) mass is 293 g/mol. The molecule has 1 nitrogen and oxygen atoms in total. The minimum atomic E-state index is -0.195. The molecule has 0 aliphatic heterocycles. The molecule has 1 aromatic rings. The SMILES string of the molecule is CCC(Cl)CNCc1ccc(Br)cc1F. The number of rotatable bonds is 5. The summed E-state index contributed by atoms with van der Waals surface area (Å²) in [6, 6.07) is 5.06. The Hall–Kier alpha value is -0.120. The van der Waals surface area contributed by atoms with Gasteiger partial charge in [0.15, 0.2) is 0 Å². The van der Waals surface area contributed by atoms with Gasteiger partial charge in [0.1, 0.15) is 5.82 Å². The van der Waals surface area contributed by atoms with E-state index < -0.39 is 0 Å². The summed E-state index contributed by atoms with van der Waals surface area (Å²) in [6.45, 7) is 3.25. The predicted molar refractivity (Wildman–Crippen MR) is 65.7 cm³/mol. The molecule has 0 aliphatic rings. The second kappa shape index (κ2) is 6.46. The van der Waals surface area contributed by atoms with Gasteiger partial charge in [-0.15, -0.1) is 11.6 Å². The van der Waals surface area contributed by atoms with Crippen molar-refractivity contribution in [3.05, 3.63) is 34.1 Å². The van der Waals surface area contributed by atoms with Crippen molar-refractivity contribution >= 4 is 27.5 Å². The highest BCUT2D eigenvalue weighted by atomic mass is 79.9. The van der Waals surface area contributed by atoms with Crippen LogP contribution in [0.4, 0.5) is 4.39 Å². The first-order chi connectivity index (χ1) is 7.13. The molecule has 0 heterocycles. The van der Waals surface area contributed by atoms with E-state index in [1.54, 1.807) is 6.07 Å². The second-order valence-electron chi connectivity index (χ2n) is 3.37. The summed E-state index contributed by atoms with van der Waals surface area (Å²) in [7, 11) is 0. The first-order valence-corrected chi connectivity index (χ1v) is 6.15. The first-order valence-electron chi connectivity index (χ1n) is 4.92. The molecule has 0 spiro atoms. The van der Waals surface area contributed by atoms with E-state index in [9.17, 15) is 4.39 Å². The van der Waals surface area contributed by atoms with Crippen molar-refractivity contribution in [1.29, 1.82) is 0 Å². The fraction of sp³-hybridized carbons (Fsp3) is 0.455. The van der Waals surface area contributed by atoms with Crippen LogP contribution >= 0.6 is 27.5 Å². The summed E-state index contributed by atoms with van der Waals surface area (Å²) in [4.78, 5) is 0. The van der Waals surface area contributed by atoms with Crippen molar-refractivity contribution in [2.24, 2.45) is 0 Å². The minimum Gasteiger partial charge on any atom is -0.311 e. The van der Waals surface area contributed by atoms with E-state index in [4.69, 9.17) is 11.6 Å². The molecular weight excluding hydrogens is 280 g/mol. The molecule has 4 heteroatoms. The van der Waals surface area contributed by atoms with E-state index in [0.717, 1.165) is 10.9 Å². The summed E-state index contributed by atoms with van der Waals surface area (Å²) < 4.78 is 14.1. The van der Waals surface area contributed by atoms with Gasteiger partial charge in [-0.3, -0.25) is 0 Å². The van der Waals surface area contributed by atoms with Crippen LogP contribution in [-0.2, 0) is 6.54 Å². The van der Waals surface area contributed by atoms with Crippen molar-refractivity contribution < 1.29 is 4.39 Å². The van der Waals surface area contributed by atoms with Crippen LogP contribution < -0.4 is 5.32 Å². The molecule has 0 bridgehead atoms. The second-order valence-corrected chi connectivity index (χ2v) is 4.91. The Morgan fingerprint density at radius 2 is 2.27 bits per heavy atom. The summed E-state index contributed by atoms with van der Waals surface area (Å²) >= 11 is 9.15. The lowest BCUT2D eigenvalue weighted by Crippen LogP contribution is -2.22. The van der Waals surface area contributed by atoms with Crippen LogP contribution in [0.3, 0.4) is 0 Å². The van der Waals surface area contributed by atoms with Gasteiger partial charge in [0.2, 0.25) is 0 Å². The van der Waals surface area contributed by atoms with Crippen molar-refractivity contribution in [2.75, 3.05) is 6.54 Å². The van der Waals surface area contributed by atoms with E-state index in [1.165, 1.54) is 6.07 Å². The Kier molecular flexibility index (Phi) is 5.58. The molecule has 1 N–H and O–H groups in total. The normalized spacial score (nSPS) is 12.8. The first kappa shape index (κ1) is 12.9. The molecule has 0 aliphatic carbocycles. The van der Waals surface area contributed by atoms with E-state index >= 15 is 0 Å². The third-order valence-corrected chi connectivity index (χ3v) is 3.10. The Balaban J connectivity index is 2.44. The van der Waals surface area contributed by atoms with E-state index in [0.29, 0.717) is 18.7 Å². The zero-order valence-corrected chi connectivity index (χ0v) is 10.9. The zero-order valence-electron chi connectivity index (χ0n) is 8.56. The fourth-order valence-corrected chi connectivity index (χ4v) is 1.62. The molecular formula is C11H14BrClFN. The summed E-state index contributed by atoms with van der Waals surface area (Å²) in [6.07, 6.45) is 0.914. The van der Waals surface area contributed by atoms with E-state index in [1.807, 2.05) is 13.0 Å². The quantitative estimate of drug-likeness (QED) is 0.817. The van der Waals surface area contributed by atoms with Crippen LogP contribution in [0.25, 0.3) is 0 Å². The van der Waals surface area contributed by atoms with Gasteiger partial charge in [-0.2, -0.15) is 0 Å². The molecule has 1 unspecified atom stereocenters. The Labute approximate surface area is 103 Å². The van der Waals surface area contributed by atoms with Crippen LogP contribution in [-0.4, -0.2) is 11.9 Å². The van der Waals surface area contributed by atoms with Crippen LogP contribution in [0, 0.1) is 5.82 Å². The molecule has 0 radical (unpaired) electrons. The Bertz CT molecular complexity index is 319. The van der Waals surface area contributed by atoms with Crippen molar-refractivity contribution in [1.82, 2.24) is 5.32 Å². The maximum absolute atomic E-state index is 13.4. The molecule has 1 aromatic carbocycles. The highest BCUT2D eigenvalue weighted by molar-refractivity contribution is 9.10. The highest BCUT2D eigenvalue weighted by Crippen LogP contribution is 2.15. The topological polar surface area (TPSA) is 12.0 Å². The summed E-state index contributed by atoms with van der Waals surface area (Å²) in [5.74, 6) is -0.195. The summed E-state index contributed by atoms with van der Waals surface area (Å²) in [5, 5.41) is 3.24. The average molecular weight is 295 g/mol. The smallest absolute Gasteiger partial charge is 0.128 e. The molecule has 0 aromatic heterocycles. The summed E-state index contributed by atoms with van der Waals surface area (Å²) in [5.41, 5.74) is 0.665. The molecule has 0 saturated heterocycles. The van der Waals surface area contributed by atoms with Crippen molar-refractivity contribution in [3.8, 4) is 0 Å². The molecule has 84 valence electrons. The van der Waals surface area contributed by atoms with Crippen molar-refractivity contribution in [3.63, 3.8) is 0 Å². The van der Waals surface area contributed by atoms with Gasteiger partial charge in [-0.25, -0.2) is 4.39 Å². The molecule has 0 saturated carbocycles. The number of alkyl halides is 1. The maximum atomic E-state index is 13.4. The molecule has 0 fully saturated rings. The van der Waals surface area contributed by atoms with Gasteiger partial charge < -0.3 is 5.32 Å². The van der Waals surface area contributed by atoms with Crippen molar-refractivity contribution in [2.45, 2.75) is 25.3 Å². The lowest BCUT2D eigenvalue weighted by molar-refractivity contribution is 0.581. The minimum absolute atomic E-state index is 0.114. The Morgan fingerprint density at radius 1 is 1.53 bits per heavy atom. The van der Waals surface area contributed by atoms with Gasteiger partial charge in [-0.1, -0.05) is 28.9 Å². The van der Waals surface area contributed by atoms with Gasteiger partial charge in [0.25, 0.3) is 0 Å². The lowest BCUT2D eigenvalue weighted by atomic mass is 10.2. The fourth-order valence-electron chi connectivity index (χ4n) is 1.17. The highest BCUT2D eigenvalue weighted by Gasteiger charge is 2.04. The molecule has 1 rings (SSSR count). The number of nitrogens with one attached hydrogen (secondary N) is 1. The van der Waals surface area contributed by atoms with E-state index in [-0.39, 0.29) is 11.2 Å². The zero-order chi connectivity index (χ0) is 11.3. The number of halogens is 3. The van der Waals surface area contributed by atoms with Crippen LogP contribution in [0.1, 0.15) is 18.9 Å². The molecule has 15 heavy (non-hydrogen) atoms.